The molecular formula is C16H10N4S2. The molecule has 0 saturated heterocycles. The first-order valence-electron chi connectivity index (χ1n) is 6.63. The number of rotatable bonds is 3. The highest BCUT2D eigenvalue weighted by Gasteiger charge is 2.11. The van der Waals surface area contributed by atoms with Gasteiger partial charge in [-0.25, -0.2) is 15.0 Å². The number of thiazole rings is 2. The fourth-order valence-corrected chi connectivity index (χ4v) is 3.33. The Bertz CT molecular complexity index is 819. The van der Waals surface area contributed by atoms with E-state index in [-0.39, 0.29) is 0 Å². The van der Waals surface area contributed by atoms with Crippen LogP contribution in [0.3, 0.4) is 0 Å². The standard InChI is InChI=1S/C16H10N4S2/c1-2-4-17-12(3-1)11-9-13(15-18-5-7-21-15)20-14(10-11)16-19-6-8-22-16/h1-10H. The lowest BCUT2D eigenvalue weighted by atomic mass is 10.1. The molecule has 0 unspecified atom stereocenters. The van der Waals surface area contributed by atoms with Crippen molar-refractivity contribution in [3.8, 4) is 32.7 Å². The number of hydrogen-bond donors (Lipinski definition) is 0. The molecule has 4 rings (SSSR count). The molecule has 0 spiro atoms. The second-order valence-corrected chi connectivity index (χ2v) is 6.30. The summed E-state index contributed by atoms with van der Waals surface area (Å²) in [6, 6.07) is 9.94. The van der Waals surface area contributed by atoms with Gasteiger partial charge in [0.15, 0.2) is 0 Å². The molecule has 4 aromatic heterocycles. The predicted molar refractivity (Wildman–Crippen MR) is 89.7 cm³/mol. The van der Waals surface area contributed by atoms with Gasteiger partial charge in [0.05, 0.1) is 5.69 Å². The maximum atomic E-state index is 4.71. The lowest BCUT2D eigenvalue weighted by molar-refractivity contribution is 1.26. The molecule has 22 heavy (non-hydrogen) atoms. The Morgan fingerprint density at radius 3 is 1.86 bits per heavy atom. The van der Waals surface area contributed by atoms with Crippen molar-refractivity contribution in [2.45, 2.75) is 0 Å². The Morgan fingerprint density at radius 1 is 0.682 bits per heavy atom. The van der Waals surface area contributed by atoms with Gasteiger partial charge in [0, 0.05) is 34.9 Å². The monoisotopic (exact) mass is 322 g/mol. The molecule has 4 heterocycles. The third-order valence-corrected chi connectivity index (χ3v) is 4.68. The van der Waals surface area contributed by atoms with Crippen molar-refractivity contribution < 1.29 is 0 Å². The molecule has 0 N–H and O–H groups in total. The Hall–Kier alpha value is -2.44. The molecule has 4 nitrogen and oxygen atoms in total. The van der Waals surface area contributed by atoms with Crippen LogP contribution in [0.2, 0.25) is 0 Å². The molecule has 0 amide bonds. The topological polar surface area (TPSA) is 51.6 Å². The first kappa shape index (κ1) is 13.2. The van der Waals surface area contributed by atoms with E-state index in [0.29, 0.717) is 0 Å². The van der Waals surface area contributed by atoms with Crippen LogP contribution >= 0.6 is 22.7 Å². The molecule has 0 radical (unpaired) electrons. The maximum Gasteiger partial charge on any atom is 0.141 e. The lowest BCUT2D eigenvalue weighted by Crippen LogP contribution is -1.91. The molecule has 6 heteroatoms. The first-order chi connectivity index (χ1) is 10.9. The normalized spacial score (nSPS) is 10.7. The van der Waals surface area contributed by atoms with Crippen LogP contribution in [0.1, 0.15) is 0 Å². The Kier molecular flexibility index (Phi) is 3.46. The van der Waals surface area contributed by atoms with E-state index in [9.17, 15) is 0 Å². The summed E-state index contributed by atoms with van der Waals surface area (Å²) in [6.07, 6.45) is 5.37. The summed E-state index contributed by atoms with van der Waals surface area (Å²) in [4.78, 5) is 17.9. The van der Waals surface area contributed by atoms with Crippen molar-refractivity contribution in [2.75, 3.05) is 0 Å². The summed E-state index contributed by atoms with van der Waals surface area (Å²) in [5.41, 5.74) is 3.64. The van der Waals surface area contributed by atoms with Crippen LogP contribution in [0.25, 0.3) is 32.7 Å². The van der Waals surface area contributed by atoms with Crippen LogP contribution in [-0.4, -0.2) is 19.9 Å². The van der Waals surface area contributed by atoms with Gasteiger partial charge in [-0.2, -0.15) is 0 Å². The molecule has 0 aromatic carbocycles. The van der Waals surface area contributed by atoms with E-state index in [1.54, 1.807) is 41.3 Å². The maximum absolute atomic E-state index is 4.71. The highest BCUT2D eigenvalue weighted by molar-refractivity contribution is 7.13. The zero-order valence-electron chi connectivity index (χ0n) is 11.4. The van der Waals surface area contributed by atoms with Gasteiger partial charge < -0.3 is 0 Å². The average molecular weight is 322 g/mol. The van der Waals surface area contributed by atoms with Crippen molar-refractivity contribution in [3.63, 3.8) is 0 Å². The number of pyridine rings is 2. The summed E-state index contributed by atoms with van der Waals surface area (Å²) < 4.78 is 0. The van der Waals surface area contributed by atoms with E-state index in [1.807, 2.05) is 41.1 Å². The molecule has 0 fully saturated rings. The molecule has 4 aromatic rings. The van der Waals surface area contributed by atoms with Crippen molar-refractivity contribution in [1.82, 2.24) is 19.9 Å². The van der Waals surface area contributed by atoms with Gasteiger partial charge in [-0.15, -0.1) is 22.7 Å². The van der Waals surface area contributed by atoms with E-state index >= 15 is 0 Å². The molecule has 0 aliphatic rings. The molecule has 0 aliphatic carbocycles. The van der Waals surface area contributed by atoms with Crippen molar-refractivity contribution >= 4 is 22.7 Å². The van der Waals surface area contributed by atoms with Gasteiger partial charge in [-0.05, 0) is 24.3 Å². The van der Waals surface area contributed by atoms with Gasteiger partial charge in [0.2, 0.25) is 0 Å². The average Bonchev–Trinajstić information content (AvgIpc) is 3.29. The Labute approximate surface area is 135 Å². The van der Waals surface area contributed by atoms with Crippen molar-refractivity contribution in [1.29, 1.82) is 0 Å². The lowest BCUT2D eigenvalue weighted by Gasteiger charge is -2.06. The van der Waals surface area contributed by atoms with Crippen LogP contribution in [0.15, 0.2) is 59.7 Å². The summed E-state index contributed by atoms with van der Waals surface area (Å²) in [5.74, 6) is 0. The van der Waals surface area contributed by atoms with Gasteiger partial charge in [-0.3, -0.25) is 4.98 Å². The van der Waals surface area contributed by atoms with Gasteiger partial charge in [0.25, 0.3) is 0 Å². The molecule has 0 saturated carbocycles. The second kappa shape index (κ2) is 5.75. The van der Waals surface area contributed by atoms with Crippen molar-refractivity contribution in [2.24, 2.45) is 0 Å². The zero-order valence-corrected chi connectivity index (χ0v) is 13.0. The Morgan fingerprint density at radius 2 is 1.36 bits per heavy atom. The van der Waals surface area contributed by atoms with Crippen LogP contribution < -0.4 is 0 Å². The van der Waals surface area contributed by atoms with Crippen LogP contribution in [0.4, 0.5) is 0 Å². The quantitative estimate of drug-likeness (QED) is 0.561. The smallest absolute Gasteiger partial charge is 0.141 e. The minimum absolute atomic E-state index is 0.850. The molecule has 0 atom stereocenters. The van der Waals surface area contributed by atoms with Gasteiger partial charge in [0.1, 0.15) is 21.4 Å². The van der Waals surface area contributed by atoms with Crippen LogP contribution in [0.5, 0.6) is 0 Å². The van der Waals surface area contributed by atoms with E-state index in [1.165, 1.54) is 0 Å². The van der Waals surface area contributed by atoms with Crippen LogP contribution in [0, 0.1) is 0 Å². The minimum Gasteiger partial charge on any atom is -0.256 e. The largest absolute Gasteiger partial charge is 0.256 e. The van der Waals surface area contributed by atoms with Crippen molar-refractivity contribution in [3.05, 3.63) is 59.7 Å². The fourth-order valence-electron chi connectivity index (χ4n) is 2.13. The number of aromatic nitrogens is 4. The second-order valence-electron chi connectivity index (χ2n) is 4.52. The number of nitrogens with zero attached hydrogens (tertiary/aromatic N) is 4. The summed E-state index contributed by atoms with van der Waals surface area (Å²) in [6.45, 7) is 0. The summed E-state index contributed by atoms with van der Waals surface area (Å²) in [7, 11) is 0. The first-order valence-corrected chi connectivity index (χ1v) is 8.39. The van der Waals surface area contributed by atoms with Crippen LogP contribution in [-0.2, 0) is 0 Å². The fraction of sp³-hybridized carbons (Fsp3) is 0. The SMILES string of the molecule is c1ccc(-c2cc(-c3nccs3)nc(-c3nccs3)c2)nc1. The van der Waals surface area contributed by atoms with E-state index in [0.717, 1.165) is 32.7 Å². The molecule has 0 aliphatic heterocycles. The van der Waals surface area contributed by atoms with Gasteiger partial charge >= 0.3 is 0 Å². The molecule has 0 bridgehead atoms. The predicted octanol–water partition coefficient (Wildman–Crippen LogP) is 4.39. The number of hydrogen-bond acceptors (Lipinski definition) is 6. The van der Waals surface area contributed by atoms with E-state index in [2.05, 4.69) is 15.0 Å². The zero-order chi connectivity index (χ0) is 14.8. The molecular weight excluding hydrogens is 312 g/mol. The third kappa shape index (κ3) is 2.54. The van der Waals surface area contributed by atoms with E-state index in [4.69, 9.17) is 4.98 Å². The van der Waals surface area contributed by atoms with E-state index < -0.39 is 0 Å². The third-order valence-electron chi connectivity index (χ3n) is 3.09. The highest BCUT2D eigenvalue weighted by atomic mass is 32.1. The summed E-state index contributed by atoms with van der Waals surface area (Å²) >= 11 is 3.15. The summed E-state index contributed by atoms with van der Waals surface area (Å²) in [5, 5.41) is 5.70. The Balaban J connectivity index is 1.91. The molecule has 106 valence electrons. The van der Waals surface area contributed by atoms with Gasteiger partial charge in [-0.1, -0.05) is 6.07 Å². The minimum atomic E-state index is 0.850. The highest BCUT2D eigenvalue weighted by Crippen LogP contribution is 2.30.